The molecule has 1 aromatic rings. The van der Waals surface area contributed by atoms with Crippen LogP contribution in [0.3, 0.4) is 0 Å². The third-order valence-electron chi connectivity index (χ3n) is 6.41. The number of hydrogen-bond donors (Lipinski definition) is 1. The van der Waals surface area contributed by atoms with Gasteiger partial charge in [0.25, 0.3) is 0 Å². The van der Waals surface area contributed by atoms with Crippen LogP contribution in [0.5, 0.6) is 0 Å². The van der Waals surface area contributed by atoms with Gasteiger partial charge >= 0.3 is 6.09 Å². The highest BCUT2D eigenvalue weighted by molar-refractivity contribution is 5.87. The molecule has 0 aromatic heterocycles. The molecule has 2 heterocycles. The minimum Gasteiger partial charge on any atom is -0.444 e. The Morgan fingerprint density at radius 3 is 2.60 bits per heavy atom. The minimum atomic E-state index is -0.643. The Kier molecular flexibility index (Phi) is 10.4. The third-order valence-corrected chi connectivity index (χ3v) is 6.41. The van der Waals surface area contributed by atoms with Crippen LogP contribution >= 0.6 is 0 Å². The summed E-state index contributed by atoms with van der Waals surface area (Å²) < 4.78 is 22.5. The standard InChI is InChI=1S/C27H42N2O6/c1-20-22(21-11-6-5-7-12-21)19-23(28-26(31)35-27(2,3)4)25(30)29(20)14-18-32-15-10-17-34-24-13-8-9-16-33-24/h5-7,11-12,20,22-24H,8-10,13-19H2,1-4H3,(H,28,31). The first-order valence-electron chi connectivity index (χ1n) is 12.9. The van der Waals surface area contributed by atoms with Crippen molar-refractivity contribution in [2.24, 2.45) is 0 Å². The third kappa shape index (κ3) is 8.78. The number of nitrogens with one attached hydrogen (secondary N) is 1. The van der Waals surface area contributed by atoms with Crippen molar-refractivity contribution in [3.8, 4) is 0 Å². The summed E-state index contributed by atoms with van der Waals surface area (Å²) in [4.78, 5) is 27.6. The van der Waals surface area contributed by atoms with Gasteiger partial charge in [-0.15, -0.1) is 0 Å². The first-order valence-corrected chi connectivity index (χ1v) is 12.9. The van der Waals surface area contributed by atoms with Crippen molar-refractivity contribution in [1.29, 1.82) is 0 Å². The van der Waals surface area contributed by atoms with Crippen LogP contribution in [-0.4, -0.2) is 73.8 Å². The van der Waals surface area contributed by atoms with E-state index in [-0.39, 0.29) is 24.2 Å². The van der Waals surface area contributed by atoms with Crippen molar-refractivity contribution in [1.82, 2.24) is 10.2 Å². The number of benzene rings is 1. The predicted octanol–water partition coefficient (Wildman–Crippen LogP) is 4.23. The highest BCUT2D eigenvalue weighted by atomic mass is 16.7. The first kappa shape index (κ1) is 27.4. The molecule has 1 aromatic carbocycles. The Morgan fingerprint density at radius 1 is 1.14 bits per heavy atom. The number of nitrogens with zero attached hydrogens (tertiary/aromatic N) is 1. The van der Waals surface area contributed by atoms with Crippen molar-refractivity contribution in [2.45, 2.75) is 89.7 Å². The van der Waals surface area contributed by atoms with Gasteiger partial charge in [0.1, 0.15) is 11.6 Å². The summed E-state index contributed by atoms with van der Waals surface area (Å²) in [6.45, 7) is 10.3. The number of ether oxygens (including phenoxy) is 4. The summed E-state index contributed by atoms with van der Waals surface area (Å²) in [6, 6.07) is 9.48. The van der Waals surface area contributed by atoms with E-state index in [4.69, 9.17) is 18.9 Å². The largest absolute Gasteiger partial charge is 0.444 e. The lowest BCUT2D eigenvalue weighted by molar-refractivity contribution is -0.164. The number of likely N-dealkylation sites (tertiary alicyclic amines) is 1. The smallest absolute Gasteiger partial charge is 0.408 e. The van der Waals surface area contributed by atoms with Crippen molar-refractivity contribution >= 4 is 12.0 Å². The van der Waals surface area contributed by atoms with Crippen LogP contribution in [0.2, 0.25) is 0 Å². The summed E-state index contributed by atoms with van der Waals surface area (Å²) >= 11 is 0. The van der Waals surface area contributed by atoms with Gasteiger partial charge in [0.05, 0.1) is 13.2 Å². The molecule has 0 bridgehead atoms. The Morgan fingerprint density at radius 2 is 1.91 bits per heavy atom. The molecule has 8 nitrogen and oxygen atoms in total. The Bertz CT molecular complexity index is 791. The second-order valence-corrected chi connectivity index (χ2v) is 10.4. The summed E-state index contributed by atoms with van der Waals surface area (Å²) in [5.41, 5.74) is 0.519. The van der Waals surface area contributed by atoms with Crippen LogP contribution in [0.25, 0.3) is 0 Å². The molecule has 4 unspecified atom stereocenters. The van der Waals surface area contributed by atoms with E-state index in [1.165, 1.54) is 0 Å². The molecule has 0 radical (unpaired) electrons. The molecule has 0 saturated carbocycles. The van der Waals surface area contributed by atoms with Crippen LogP contribution in [0.1, 0.15) is 71.3 Å². The number of carbonyl (C=O) groups excluding carboxylic acids is 2. The molecule has 2 amide bonds. The van der Waals surface area contributed by atoms with E-state index >= 15 is 0 Å². The van der Waals surface area contributed by atoms with Crippen LogP contribution in [-0.2, 0) is 23.7 Å². The molecule has 2 saturated heterocycles. The number of hydrogen-bond acceptors (Lipinski definition) is 6. The van der Waals surface area contributed by atoms with Gasteiger partial charge < -0.3 is 29.2 Å². The maximum Gasteiger partial charge on any atom is 0.408 e. The number of carbonyl (C=O) groups is 2. The zero-order valence-corrected chi connectivity index (χ0v) is 21.7. The number of piperidine rings is 1. The van der Waals surface area contributed by atoms with Crippen LogP contribution in [0.4, 0.5) is 4.79 Å². The second-order valence-electron chi connectivity index (χ2n) is 10.4. The van der Waals surface area contributed by atoms with Crippen molar-refractivity contribution < 1.29 is 28.5 Å². The van der Waals surface area contributed by atoms with E-state index < -0.39 is 17.7 Å². The van der Waals surface area contributed by atoms with Crippen molar-refractivity contribution in [3.63, 3.8) is 0 Å². The maximum atomic E-state index is 13.3. The fraction of sp³-hybridized carbons (Fsp3) is 0.704. The molecular weight excluding hydrogens is 448 g/mol. The minimum absolute atomic E-state index is 0.0167. The molecule has 8 heteroatoms. The van der Waals surface area contributed by atoms with E-state index in [9.17, 15) is 9.59 Å². The Labute approximate surface area is 209 Å². The molecule has 2 aliphatic heterocycles. The van der Waals surface area contributed by atoms with Gasteiger partial charge in [0.2, 0.25) is 5.91 Å². The molecule has 196 valence electrons. The SMILES string of the molecule is CC1C(c2ccccc2)CC(NC(=O)OC(C)(C)C)C(=O)N1CCOCCCOC1CCCCO1. The van der Waals surface area contributed by atoms with Gasteiger partial charge in [-0.25, -0.2) is 4.79 Å². The van der Waals surface area contributed by atoms with Gasteiger partial charge in [-0.1, -0.05) is 30.3 Å². The van der Waals surface area contributed by atoms with E-state index in [0.29, 0.717) is 32.8 Å². The fourth-order valence-electron chi connectivity index (χ4n) is 4.65. The lowest BCUT2D eigenvalue weighted by Crippen LogP contribution is -2.59. The van der Waals surface area contributed by atoms with Crippen LogP contribution in [0.15, 0.2) is 30.3 Å². The normalized spacial score (nSPS) is 25.4. The monoisotopic (exact) mass is 490 g/mol. The lowest BCUT2D eigenvalue weighted by atomic mass is 9.82. The molecule has 0 aliphatic carbocycles. The van der Waals surface area contributed by atoms with Gasteiger partial charge in [0, 0.05) is 31.7 Å². The van der Waals surface area contributed by atoms with Crippen LogP contribution < -0.4 is 5.32 Å². The zero-order chi connectivity index (χ0) is 25.3. The zero-order valence-electron chi connectivity index (χ0n) is 21.7. The highest BCUT2D eigenvalue weighted by Gasteiger charge is 2.41. The molecule has 1 N–H and O–H groups in total. The van der Waals surface area contributed by atoms with Crippen molar-refractivity contribution in [2.75, 3.05) is 33.0 Å². The van der Waals surface area contributed by atoms with E-state index in [1.807, 2.05) is 23.1 Å². The number of amides is 2. The first-order chi connectivity index (χ1) is 16.7. The Hall–Kier alpha value is -2.16. The molecule has 4 atom stereocenters. The summed E-state index contributed by atoms with van der Waals surface area (Å²) in [7, 11) is 0. The second kappa shape index (κ2) is 13.2. The van der Waals surface area contributed by atoms with Gasteiger partial charge in [-0.2, -0.15) is 0 Å². The molecule has 3 rings (SSSR count). The average Bonchev–Trinajstić information content (AvgIpc) is 2.82. The van der Waals surface area contributed by atoms with Crippen molar-refractivity contribution in [3.05, 3.63) is 35.9 Å². The summed E-state index contributed by atoms with van der Waals surface area (Å²) in [5.74, 6) is -0.00495. The molecular formula is C27H42N2O6. The molecule has 2 fully saturated rings. The number of rotatable bonds is 10. The fourth-order valence-corrected chi connectivity index (χ4v) is 4.65. The van der Waals surface area contributed by atoms with Crippen LogP contribution in [0, 0.1) is 0 Å². The molecule has 35 heavy (non-hydrogen) atoms. The topological polar surface area (TPSA) is 86.3 Å². The van der Waals surface area contributed by atoms with E-state index in [2.05, 4.69) is 24.4 Å². The average molecular weight is 491 g/mol. The highest BCUT2D eigenvalue weighted by Crippen LogP contribution is 2.33. The van der Waals surface area contributed by atoms with Gasteiger partial charge in [-0.3, -0.25) is 4.79 Å². The van der Waals surface area contributed by atoms with Gasteiger partial charge in [0.15, 0.2) is 6.29 Å². The van der Waals surface area contributed by atoms with E-state index in [1.54, 1.807) is 20.8 Å². The number of alkyl carbamates (subject to hydrolysis) is 1. The molecule has 2 aliphatic rings. The summed E-state index contributed by atoms with van der Waals surface area (Å²) in [5, 5.41) is 2.80. The lowest BCUT2D eigenvalue weighted by Gasteiger charge is -2.43. The predicted molar refractivity (Wildman–Crippen MR) is 133 cm³/mol. The maximum absolute atomic E-state index is 13.3. The molecule has 0 spiro atoms. The quantitative estimate of drug-likeness (QED) is 0.494. The Balaban J connectivity index is 1.52. The van der Waals surface area contributed by atoms with Gasteiger partial charge in [-0.05, 0) is 65.4 Å². The van der Waals surface area contributed by atoms with E-state index in [0.717, 1.165) is 37.9 Å². The summed E-state index contributed by atoms with van der Waals surface area (Å²) in [6.07, 6.45) is 3.86.